The number of hydrogen-bond donors (Lipinski definition) is 1. The van der Waals surface area contributed by atoms with Crippen LogP contribution in [0.2, 0.25) is 0 Å². The molecule has 1 aliphatic carbocycles. The molecule has 0 amide bonds. The van der Waals surface area contributed by atoms with E-state index in [1.54, 1.807) is 0 Å². The zero-order chi connectivity index (χ0) is 12.3. The van der Waals surface area contributed by atoms with E-state index in [0.717, 1.165) is 18.4 Å². The first-order valence-corrected chi connectivity index (χ1v) is 7.65. The third-order valence-corrected chi connectivity index (χ3v) is 5.24. The first-order valence-electron chi connectivity index (χ1n) is 7.65. The second-order valence-electron chi connectivity index (χ2n) is 6.50. The minimum absolute atomic E-state index is 0.370. The Kier molecular flexibility index (Phi) is 4.48. The van der Waals surface area contributed by atoms with Gasteiger partial charge in [0.15, 0.2) is 0 Å². The standard InChI is InChI=1S/C15H30N2/c1-3-4-14-7-10-17(11-14)15(12-16)8-5-13(2)6-9-15/h13-14H,3-12,16H2,1-2H3. The summed E-state index contributed by atoms with van der Waals surface area (Å²) >= 11 is 0. The highest BCUT2D eigenvalue weighted by Gasteiger charge is 2.41. The quantitative estimate of drug-likeness (QED) is 0.816. The van der Waals surface area contributed by atoms with E-state index in [2.05, 4.69) is 18.7 Å². The van der Waals surface area contributed by atoms with Gasteiger partial charge in [-0.1, -0.05) is 20.3 Å². The molecule has 2 rings (SSSR count). The fraction of sp³-hybridized carbons (Fsp3) is 1.00. The molecular formula is C15H30N2. The van der Waals surface area contributed by atoms with Crippen LogP contribution < -0.4 is 5.73 Å². The van der Waals surface area contributed by atoms with Crippen molar-refractivity contribution in [3.63, 3.8) is 0 Å². The molecule has 2 nitrogen and oxygen atoms in total. The minimum Gasteiger partial charge on any atom is -0.329 e. The van der Waals surface area contributed by atoms with Crippen molar-refractivity contribution in [3.05, 3.63) is 0 Å². The van der Waals surface area contributed by atoms with Crippen LogP contribution in [0.5, 0.6) is 0 Å². The molecule has 2 heteroatoms. The second kappa shape index (κ2) is 5.71. The average Bonchev–Trinajstić information content (AvgIpc) is 2.80. The molecule has 2 fully saturated rings. The van der Waals surface area contributed by atoms with Gasteiger partial charge in [-0.3, -0.25) is 4.90 Å². The third kappa shape index (κ3) is 2.85. The maximum absolute atomic E-state index is 6.14. The molecule has 1 heterocycles. The van der Waals surface area contributed by atoms with Crippen molar-refractivity contribution in [3.8, 4) is 0 Å². The molecule has 0 aromatic rings. The summed E-state index contributed by atoms with van der Waals surface area (Å²) in [7, 11) is 0. The van der Waals surface area contributed by atoms with Gasteiger partial charge in [-0.2, -0.15) is 0 Å². The van der Waals surface area contributed by atoms with E-state index in [0.29, 0.717) is 5.54 Å². The maximum atomic E-state index is 6.14. The lowest BCUT2D eigenvalue weighted by molar-refractivity contribution is 0.0623. The number of nitrogens with zero attached hydrogens (tertiary/aromatic N) is 1. The van der Waals surface area contributed by atoms with Gasteiger partial charge in [0.05, 0.1) is 0 Å². The molecule has 0 bridgehead atoms. The Hall–Kier alpha value is -0.0800. The smallest absolute Gasteiger partial charge is 0.0332 e. The molecule has 1 saturated heterocycles. The summed E-state index contributed by atoms with van der Waals surface area (Å²) in [6.07, 6.45) is 9.59. The van der Waals surface area contributed by atoms with Crippen molar-refractivity contribution in [2.24, 2.45) is 17.6 Å². The summed E-state index contributed by atoms with van der Waals surface area (Å²) in [6, 6.07) is 0. The summed E-state index contributed by atoms with van der Waals surface area (Å²) in [5.74, 6) is 1.87. The minimum atomic E-state index is 0.370. The van der Waals surface area contributed by atoms with Gasteiger partial charge in [0.1, 0.15) is 0 Å². The number of nitrogens with two attached hydrogens (primary N) is 1. The summed E-state index contributed by atoms with van der Waals surface area (Å²) in [6.45, 7) is 8.20. The van der Waals surface area contributed by atoms with Crippen molar-refractivity contribution < 1.29 is 0 Å². The van der Waals surface area contributed by atoms with E-state index in [-0.39, 0.29) is 0 Å². The Morgan fingerprint density at radius 3 is 2.53 bits per heavy atom. The van der Waals surface area contributed by atoms with E-state index >= 15 is 0 Å². The molecule has 1 saturated carbocycles. The van der Waals surface area contributed by atoms with Gasteiger partial charge >= 0.3 is 0 Å². The van der Waals surface area contributed by atoms with Crippen molar-refractivity contribution in [2.45, 2.75) is 64.3 Å². The van der Waals surface area contributed by atoms with Gasteiger partial charge in [0.25, 0.3) is 0 Å². The lowest BCUT2D eigenvalue weighted by atomic mass is 9.76. The van der Waals surface area contributed by atoms with Crippen LogP contribution in [0.4, 0.5) is 0 Å². The lowest BCUT2D eigenvalue weighted by Crippen LogP contribution is -2.54. The van der Waals surface area contributed by atoms with Crippen LogP contribution in [0.25, 0.3) is 0 Å². The maximum Gasteiger partial charge on any atom is 0.0332 e. The number of likely N-dealkylation sites (tertiary alicyclic amines) is 1. The topological polar surface area (TPSA) is 29.3 Å². The molecule has 1 unspecified atom stereocenters. The Morgan fingerprint density at radius 2 is 1.94 bits per heavy atom. The summed E-state index contributed by atoms with van der Waals surface area (Å²) in [5.41, 5.74) is 6.51. The first-order chi connectivity index (χ1) is 8.20. The second-order valence-corrected chi connectivity index (χ2v) is 6.50. The van der Waals surface area contributed by atoms with Crippen LogP contribution in [0.1, 0.15) is 58.8 Å². The highest BCUT2D eigenvalue weighted by molar-refractivity contribution is 4.98. The van der Waals surface area contributed by atoms with Crippen LogP contribution in [0.15, 0.2) is 0 Å². The van der Waals surface area contributed by atoms with E-state index in [1.807, 2.05) is 0 Å². The predicted octanol–water partition coefficient (Wildman–Crippen LogP) is 3.02. The van der Waals surface area contributed by atoms with E-state index < -0.39 is 0 Å². The molecule has 1 atom stereocenters. The van der Waals surface area contributed by atoms with Gasteiger partial charge in [0.2, 0.25) is 0 Å². The number of rotatable bonds is 4. The van der Waals surface area contributed by atoms with Crippen molar-refractivity contribution in [1.82, 2.24) is 4.90 Å². The van der Waals surface area contributed by atoms with Crippen LogP contribution in [-0.2, 0) is 0 Å². The van der Waals surface area contributed by atoms with Gasteiger partial charge in [-0.05, 0) is 56.9 Å². The fourth-order valence-electron chi connectivity index (χ4n) is 3.86. The van der Waals surface area contributed by atoms with Gasteiger partial charge in [-0.15, -0.1) is 0 Å². The van der Waals surface area contributed by atoms with Crippen LogP contribution in [-0.4, -0.2) is 30.1 Å². The molecule has 0 aromatic carbocycles. The van der Waals surface area contributed by atoms with Gasteiger partial charge in [0, 0.05) is 18.6 Å². The Morgan fingerprint density at radius 1 is 1.24 bits per heavy atom. The SMILES string of the molecule is CCCC1CCN(C2(CN)CCC(C)CC2)C1. The molecule has 0 aromatic heterocycles. The summed E-state index contributed by atoms with van der Waals surface area (Å²) < 4.78 is 0. The van der Waals surface area contributed by atoms with E-state index in [9.17, 15) is 0 Å². The highest BCUT2D eigenvalue weighted by Crippen LogP contribution is 2.39. The molecule has 1 aliphatic heterocycles. The van der Waals surface area contributed by atoms with Crippen molar-refractivity contribution in [2.75, 3.05) is 19.6 Å². The molecule has 17 heavy (non-hydrogen) atoms. The first kappa shape index (κ1) is 13.4. The van der Waals surface area contributed by atoms with Crippen molar-refractivity contribution in [1.29, 1.82) is 0 Å². The van der Waals surface area contributed by atoms with Gasteiger partial charge < -0.3 is 5.73 Å². The Balaban J connectivity index is 1.95. The zero-order valence-electron chi connectivity index (χ0n) is 11.8. The predicted molar refractivity (Wildman–Crippen MR) is 74.0 cm³/mol. The number of hydrogen-bond acceptors (Lipinski definition) is 2. The lowest BCUT2D eigenvalue weighted by Gasteiger charge is -2.45. The summed E-state index contributed by atoms with van der Waals surface area (Å²) in [4.78, 5) is 2.75. The van der Waals surface area contributed by atoms with Crippen LogP contribution in [0, 0.1) is 11.8 Å². The zero-order valence-corrected chi connectivity index (χ0v) is 11.8. The van der Waals surface area contributed by atoms with Gasteiger partial charge in [-0.25, -0.2) is 0 Å². The average molecular weight is 238 g/mol. The molecule has 2 N–H and O–H groups in total. The molecular weight excluding hydrogens is 208 g/mol. The van der Waals surface area contributed by atoms with E-state index in [4.69, 9.17) is 5.73 Å². The molecule has 0 radical (unpaired) electrons. The van der Waals surface area contributed by atoms with Crippen molar-refractivity contribution >= 4 is 0 Å². The molecule has 100 valence electrons. The Bertz CT molecular complexity index is 231. The molecule has 0 spiro atoms. The highest BCUT2D eigenvalue weighted by atomic mass is 15.2. The fourth-order valence-corrected chi connectivity index (χ4v) is 3.86. The van der Waals surface area contributed by atoms with E-state index in [1.165, 1.54) is 58.0 Å². The summed E-state index contributed by atoms with van der Waals surface area (Å²) in [5, 5.41) is 0. The molecule has 2 aliphatic rings. The van der Waals surface area contributed by atoms with Crippen LogP contribution in [0.3, 0.4) is 0 Å². The van der Waals surface area contributed by atoms with Crippen LogP contribution >= 0.6 is 0 Å². The monoisotopic (exact) mass is 238 g/mol. The largest absolute Gasteiger partial charge is 0.329 e. The third-order valence-electron chi connectivity index (χ3n) is 5.24. The normalized spacial score (nSPS) is 39.7. The Labute approximate surface area is 107 Å².